The highest BCUT2D eigenvalue weighted by atomic mass is 35.5. The topological polar surface area (TPSA) is 50.1 Å². The molecule has 0 spiro atoms. The minimum absolute atomic E-state index is 0.0319. The summed E-state index contributed by atoms with van der Waals surface area (Å²) in [6.07, 6.45) is -0.502. The molecule has 2 unspecified atom stereocenters. The number of aryl methyl sites for hydroxylation is 1. The first-order valence-electron chi connectivity index (χ1n) is 7.11. The Morgan fingerprint density at radius 3 is 2.95 bits per heavy atom. The molecule has 0 saturated carbocycles. The molecule has 2 N–H and O–H groups in total. The molecule has 4 nitrogen and oxygen atoms in total. The summed E-state index contributed by atoms with van der Waals surface area (Å²) in [6, 6.07) is 7.66. The van der Waals surface area contributed by atoms with Gasteiger partial charge in [0.25, 0.3) is 0 Å². The predicted octanol–water partition coefficient (Wildman–Crippen LogP) is 3.67. The highest BCUT2D eigenvalue weighted by Gasteiger charge is 2.16. The lowest BCUT2D eigenvalue weighted by atomic mass is 10.2. The summed E-state index contributed by atoms with van der Waals surface area (Å²) in [5, 5.41) is 18.1. The van der Waals surface area contributed by atoms with E-state index in [1.165, 1.54) is 0 Å². The molecule has 0 fully saturated rings. The second kappa shape index (κ2) is 6.38. The number of hydrogen-bond acceptors (Lipinski definition) is 4. The van der Waals surface area contributed by atoms with Crippen LogP contribution in [0.2, 0.25) is 5.02 Å². The molecule has 0 bridgehead atoms. The fourth-order valence-electron chi connectivity index (χ4n) is 2.53. The van der Waals surface area contributed by atoms with Crippen LogP contribution in [-0.4, -0.2) is 21.2 Å². The average Bonchev–Trinajstić information content (AvgIpc) is 3.14. The highest BCUT2D eigenvalue weighted by Crippen LogP contribution is 2.23. The third-order valence-electron chi connectivity index (χ3n) is 3.81. The van der Waals surface area contributed by atoms with Gasteiger partial charge in [0.2, 0.25) is 0 Å². The second-order valence-corrected chi connectivity index (χ2v) is 6.58. The van der Waals surface area contributed by atoms with Gasteiger partial charge in [-0.2, -0.15) is 11.3 Å². The molecule has 2 heterocycles. The Kier molecular flexibility index (Phi) is 4.49. The van der Waals surface area contributed by atoms with Gasteiger partial charge >= 0.3 is 0 Å². The second-order valence-electron chi connectivity index (χ2n) is 5.36. The fraction of sp³-hybridized carbons (Fsp3) is 0.312. The first-order chi connectivity index (χ1) is 10.6. The zero-order chi connectivity index (χ0) is 15.7. The van der Waals surface area contributed by atoms with Crippen LogP contribution in [0.5, 0.6) is 0 Å². The van der Waals surface area contributed by atoms with Gasteiger partial charge < -0.3 is 15.0 Å². The molecule has 116 valence electrons. The highest BCUT2D eigenvalue weighted by molar-refractivity contribution is 7.07. The molecule has 22 heavy (non-hydrogen) atoms. The van der Waals surface area contributed by atoms with E-state index in [-0.39, 0.29) is 6.04 Å². The summed E-state index contributed by atoms with van der Waals surface area (Å²) < 4.78 is 2.04. The number of rotatable bonds is 5. The zero-order valence-electron chi connectivity index (χ0n) is 12.5. The van der Waals surface area contributed by atoms with Crippen molar-refractivity contribution in [3.05, 3.63) is 51.4 Å². The Labute approximate surface area is 138 Å². The van der Waals surface area contributed by atoms with E-state index in [1.54, 1.807) is 11.3 Å². The van der Waals surface area contributed by atoms with Crippen LogP contribution in [0.3, 0.4) is 0 Å². The number of aliphatic hydroxyl groups is 1. The van der Waals surface area contributed by atoms with E-state index < -0.39 is 6.10 Å². The van der Waals surface area contributed by atoms with Gasteiger partial charge in [0.15, 0.2) is 0 Å². The van der Waals surface area contributed by atoms with Crippen LogP contribution in [0.4, 0.5) is 0 Å². The van der Waals surface area contributed by atoms with Crippen LogP contribution in [0.25, 0.3) is 11.0 Å². The number of nitrogens with zero attached hydrogens (tertiary/aromatic N) is 2. The SMILES string of the molecule is CC(NCC(O)c1ccsc1)c1nc2ccc(Cl)cc2n1C. The number of imidazole rings is 1. The van der Waals surface area contributed by atoms with Crippen molar-refractivity contribution < 1.29 is 5.11 Å². The monoisotopic (exact) mass is 335 g/mol. The van der Waals surface area contributed by atoms with Crippen molar-refractivity contribution in [2.75, 3.05) is 6.54 Å². The molecule has 3 rings (SSSR count). The van der Waals surface area contributed by atoms with Crippen LogP contribution < -0.4 is 5.32 Å². The molecule has 0 aliphatic rings. The van der Waals surface area contributed by atoms with Crippen molar-refractivity contribution in [1.29, 1.82) is 0 Å². The van der Waals surface area contributed by atoms with Crippen molar-refractivity contribution in [2.45, 2.75) is 19.1 Å². The molecule has 0 aliphatic carbocycles. The number of benzene rings is 1. The Morgan fingerprint density at radius 1 is 1.41 bits per heavy atom. The van der Waals surface area contributed by atoms with Crippen molar-refractivity contribution in [3.63, 3.8) is 0 Å². The summed E-state index contributed by atoms with van der Waals surface area (Å²) in [7, 11) is 1.98. The predicted molar refractivity (Wildman–Crippen MR) is 91.4 cm³/mol. The smallest absolute Gasteiger partial charge is 0.126 e. The number of thiophene rings is 1. The van der Waals surface area contributed by atoms with Gasteiger partial charge in [-0.25, -0.2) is 4.98 Å². The van der Waals surface area contributed by atoms with Crippen LogP contribution in [-0.2, 0) is 7.05 Å². The average molecular weight is 336 g/mol. The summed E-state index contributed by atoms with van der Waals surface area (Å²) in [6.45, 7) is 2.53. The van der Waals surface area contributed by atoms with Gasteiger partial charge in [-0.1, -0.05) is 11.6 Å². The van der Waals surface area contributed by atoms with Crippen molar-refractivity contribution in [2.24, 2.45) is 7.05 Å². The molecule has 2 atom stereocenters. The maximum absolute atomic E-state index is 10.2. The molecule has 3 aromatic rings. The van der Waals surface area contributed by atoms with Gasteiger partial charge in [0.05, 0.1) is 23.2 Å². The Bertz CT molecular complexity index is 769. The standard InChI is InChI=1S/C16H18ClN3OS/c1-10(18-8-15(21)11-5-6-22-9-11)16-19-13-4-3-12(17)7-14(13)20(16)2/h3-7,9-10,15,18,21H,8H2,1-2H3. The van der Waals surface area contributed by atoms with Crippen LogP contribution >= 0.6 is 22.9 Å². The van der Waals surface area contributed by atoms with Crippen LogP contribution in [0.15, 0.2) is 35.0 Å². The number of aromatic nitrogens is 2. The number of hydrogen-bond donors (Lipinski definition) is 2. The van der Waals surface area contributed by atoms with E-state index in [4.69, 9.17) is 11.6 Å². The number of fused-ring (bicyclic) bond motifs is 1. The first-order valence-corrected chi connectivity index (χ1v) is 8.43. The van der Waals surface area contributed by atoms with Gasteiger partial charge in [0.1, 0.15) is 5.82 Å². The van der Waals surface area contributed by atoms with E-state index in [9.17, 15) is 5.11 Å². The molecule has 0 saturated heterocycles. The zero-order valence-corrected chi connectivity index (χ0v) is 14.0. The molecule has 0 aliphatic heterocycles. The summed E-state index contributed by atoms with van der Waals surface area (Å²) >= 11 is 7.64. The summed E-state index contributed by atoms with van der Waals surface area (Å²) in [5.74, 6) is 0.926. The van der Waals surface area contributed by atoms with Gasteiger partial charge in [-0.3, -0.25) is 0 Å². The Hall–Kier alpha value is -1.40. The molecule has 6 heteroatoms. The summed E-state index contributed by atoms with van der Waals surface area (Å²) in [5.41, 5.74) is 2.88. The normalized spacial score (nSPS) is 14.4. The fourth-order valence-corrected chi connectivity index (χ4v) is 3.40. The Balaban J connectivity index is 1.75. The number of nitrogens with one attached hydrogen (secondary N) is 1. The number of aliphatic hydroxyl groups excluding tert-OH is 1. The molecule has 1 aromatic carbocycles. The van der Waals surface area contributed by atoms with E-state index in [0.29, 0.717) is 11.6 Å². The molecular weight excluding hydrogens is 318 g/mol. The van der Waals surface area contributed by atoms with E-state index in [0.717, 1.165) is 22.4 Å². The lowest BCUT2D eigenvalue weighted by molar-refractivity contribution is 0.170. The third-order valence-corrected chi connectivity index (χ3v) is 4.75. The maximum Gasteiger partial charge on any atom is 0.126 e. The molecule has 2 aromatic heterocycles. The minimum atomic E-state index is -0.502. The van der Waals surface area contributed by atoms with Crippen molar-refractivity contribution >= 4 is 34.0 Å². The van der Waals surface area contributed by atoms with Crippen molar-refractivity contribution in [3.8, 4) is 0 Å². The molecule has 0 radical (unpaired) electrons. The number of halogens is 1. The van der Waals surface area contributed by atoms with Gasteiger partial charge in [-0.15, -0.1) is 0 Å². The van der Waals surface area contributed by atoms with E-state index >= 15 is 0 Å². The third kappa shape index (κ3) is 3.03. The van der Waals surface area contributed by atoms with Gasteiger partial charge in [-0.05, 0) is 47.5 Å². The maximum atomic E-state index is 10.2. The minimum Gasteiger partial charge on any atom is -0.387 e. The first kappa shape index (κ1) is 15.5. The van der Waals surface area contributed by atoms with Gasteiger partial charge in [0, 0.05) is 18.6 Å². The lowest BCUT2D eigenvalue weighted by Gasteiger charge is -2.16. The van der Waals surface area contributed by atoms with Crippen LogP contribution in [0.1, 0.15) is 30.5 Å². The van der Waals surface area contributed by atoms with Crippen LogP contribution in [0, 0.1) is 0 Å². The largest absolute Gasteiger partial charge is 0.387 e. The molecular formula is C16H18ClN3OS. The molecule has 0 amide bonds. The van der Waals surface area contributed by atoms with Crippen molar-refractivity contribution in [1.82, 2.24) is 14.9 Å². The van der Waals surface area contributed by atoms with E-state index in [2.05, 4.69) is 10.3 Å². The van der Waals surface area contributed by atoms with E-state index in [1.807, 2.05) is 53.6 Å². The summed E-state index contributed by atoms with van der Waals surface area (Å²) in [4.78, 5) is 4.66. The Morgan fingerprint density at radius 2 is 2.23 bits per heavy atom. The lowest BCUT2D eigenvalue weighted by Crippen LogP contribution is -2.26. The quantitative estimate of drug-likeness (QED) is 0.748.